The third-order valence-corrected chi connectivity index (χ3v) is 11.8. The highest BCUT2D eigenvalue weighted by atomic mass is 19.4. The number of aliphatic hydroxyl groups is 3. The molecule has 6 aliphatic rings. The molecule has 0 aliphatic heterocycles. The number of likely N-dealkylation sites (N-methyl/N-ethyl adjacent to an activating group) is 1. The first-order valence-corrected chi connectivity index (χ1v) is 15.6. The number of rotatable bonds is 6. The number of hydrogen-bond donors (Lipinski definition) is 6. The van der Waals surface area contributed by atoms with Crippen LogP contribution in [0.15, 0.2) is 28.7 Å². The van der Waals surface area contributed by atoms with Gasteiger partial charge < -0.3 is 31.5 Å². The number of hydrogen-bond acceptors (Lipinski definition) is 9. The first-order chi connectivity index (χ1) is 21.3. The summed E-state index contributed by atoms with van der Waals surface area (Å²) in [7, 11) is 2.95. The predicted octanol–water partition coefficient (Wildman–Crippen LogP) is 3.30. The number of fused-ring (bicyclic) bond motifs is 5. The zero-order valence-corrected chi connectivity index (χ0v) is 26.2. The summed E-state index contributed by atoms with van der Waals surface area (Å²) < 4.78 is 44.4. The molecule has 0 aromatic heterocycles. The summed E-state index contributed by atoms with van der Waals surface area (Å²) in [5.41, 5.74) is -1.14. The molecule has 0 radical (unpaired) electrons. The van der Waals surface area contributed by atoms with E-state index in [0.717, 1.165) is 25.3 Å². The van der Waals surface area contributed by atoms with Gasteiger partial charge in [-0.25, -0.2) is 0 Å². The number of alkyl halides is 3. The Bertz CT molecular complexity index is 1610. The fraction of sp³-hybridized carbons (Fsp3) is 0.606. The highest BCUT2D eigenvalue weighted by molar-refractivity contribution is 6.24. The van der Waals surface area contributed by atoms with Gasteiger partial charge >= 0.3 is 6.18 Å². The first kappa shape index (κ1) is 32.5. The van der Waals surface area contributed by atoms with Crippen molar-refractivity contribution in [3.63, 3.8) is 0 Å². The minimum absolute atomic E-state index is 0.191. The summed E-state index contributed by atoms with van der Waals surface area (Å²) in [5.74, 6) is -7.47. The number of phenolic OH excluding ortho intramolecular Hbond substituents is 1. The van der Waals surface area contributed by atoms with E-state index in [-0.39, 0.29) is 23.9 Å². The summed E-state index contributed by atoms with van der Waals surface area (Å²) in [6.45, 7) is 4.80. The molecule has 6 aliphatic carbocycles. The molecule has 7 N–H and O–H groups in total. The molecule has 0 heterocycles. The van der Waals surface area contributed by atoms with Gasteiger partial charge in [0, 0.05) is 18.0 Å². The SMILES string of the molecule is CN(C)[C@@H]1C(O)=C(C(N)=O)C(=O)[C@@]2(O)C(O)=C3C(=O)c4c(O)cc(CNC[C@H]5CCC6CC5C6(C)C)c(C(F)(F)F)c4C[C@H]3C[C@@H]12. The molecule has 1 aromatic carbocycles. The lowest BCUT2D eigenvalue weighted by atomic mass is 9.45. The van der Waals surface area contributed by atoms with Gasteiger partial charge in [-0.2, -0.15) is 13.2 Å². The average Bonchev–Trinajstić information content (AvgIpc) is 2.93. The van der Waals surface area contributed by atoms with Gasteiger partial charge in [0.2, 0.25) is 5.78 Å². The van der Waals surface area contributed by atoms with E-state index < -0.39 is 98.7 Å². The maximum atomic E-state index is 14.8. The maximum absolute atomic E-state index is 14.8. The van der Waals surface area contributed by atoms with E-state index >= 15 is 0 Å². The Hall–Kier alpha value is -3.42. The van der Waals surface area contributed by atoms with Crippen LogP contribution in [-0.4, -0.2) is 75.1 Å². The highest BCUT2D eigenvalue weighted by Gasteiger charge is 2.63. The first-order valence-electron chi connectivity index (χ1n) is 15.6. The number of nitrogens with one attached hydrogen (secondary N) is 1. The molecule has 3 fully saturated rings. The molecule has 3 saturated carbocycles. The molecule has 2 unspecified atom stereocenters. The molecule has 0 spiro atoms. The van der Waals surface area contributed by atoms with Crippen LogP contribution in [-0.2, 0) is 28.7 Å². The van der Waals surface area contributed by atoms with E-state index in [4.69, 9.17) is 5.73 Å². The summed E-state index contributed by atoms with van der Waals surface area (Å²) in [5, 5.41) is 48.1. The Balaban J connectivity index is 1.39. The van der Waals surface area contributed by atoms with Gasteiger partial charge in [0.25, 0.3) is 5.91 Å². The number of nitrogens with two attached hydrogens (primary N) is 1. The number of halogens is 3. The average molecular weight is 648 g/mol. The Labute approximate surface area is 264 Å². The zero-order chi connectivity index (χ0) is 33.8. The number of benzene rings is 1. The van der Waals surface area contributed by atoms with Crippen LogP contribution in [0.4, 0.5) is 13.2 Å². The van der Waals surface area contributed by atoms with Gasteiger partial charge in [-0.3, -0.25) is 19.3 Å². The number of ketones is 2. The zero-order valence-electron chi connectivity index (χ0n) is 26.2. The predicted molar refractivity (Wildman–Crippen MR) is 158 cm³/mol. The summed E-state index contributed by atoms with van der Waals surface area (Å²) in [6, 6.07) is -0.332. The normalized spacial score (nSPS) is 33.4. The second-order valence-electron chi connectivity index (χ2n) is 14.6. The van der Waals surface area contributed by atoms with Crippen LogP contribution in [0, 0.1) is 35.0 Å². The standard InChI is InChI=1S/C33H40F3N3O7/c1-31(2)16-6-5-13(18(31)10-16)11-38-12-15-9-20(40)22-17(24(15)33(34,35)36)7-14-8-19-25(39(3)4)27(42)23(30(37)45)29(44)32(19,46)28(43)21(14)26(22)41/h9,13-14,16,18-19,25,38,40,42-43,46H,5-8,10-12H2,1-4H3,(H2,37,45)/t13-,14+,16?,18?,19+,25+,32+/m1/s1. The molecule has 46 heavy (non-hydrogen) atoms. The molecule has 2 bridgehead atoms. The topological polar surface area (TPSA) is 173 Å². The smallest absolute Gasteiger partial charge is 0.417 e. The molecule has 1 amide bonds. The van der Waals surface area contributed by atoms with Crippen molar-refractivity contribution in [2.45, 2.75) is 70.3 Å². The molecule has 250 valence electrons. The van der Waals surface area contributed by atoms with E-state index in [1.807, 2.05) is 0 Å². The lowest BCUT2D eigenvalue weighted by molar-refractivity contribution is -0.148. The van der Waals surface area contributed by atoms with Crippen LogP contribution in [0.3, 0.4) is 0 Å². The molecule has 7 rings (SSSR count). The number of allylic oxidation sites excluding steroid dienone is 1. The summed E-state index contributed by atoms with van der Waals surface area (Å²) in [4.78, 5) is 40.8. The van der Waals surface area contributed by atoms with Crippen molar-refractivity contribution in [2.75, 3.05) is 20.6 Å². The number of aromatic hydroxyl groups is 1. The number of carbonyl (C=O) groups is 3. The van der Waals surface area contributed by atoms with Crippen molar-refractivity contribution in [3.05, 3.63) is 51.0 Å². The molecular formula is C33H40F3N3O7. The number of aliphatic hydroxyl groups excluding tert-OH is 2. The van der Waals surface area contributed by atoms with Crippen molar-refractivity contribution >= 4 is 17.5 Å². The van der Waals surface area contributed by atoms with Crippen molar-refractivity contribution in [2.24, 2.45) is 40.7 Å². The van der Waals surface area contributed by atoms with Gasteiger partial charge in [-0.15, -0.1) is 0 Å². The quantitative estimate of drug-likeness (QED) is 0.253. The molecule has 7 atom stereocenters. The lowest BCUT2D eigenvalue weighted by Crippen LogP contribution is -2.63. The molecule has 10 nitrogen and oxygen atoms in total. The largest absolute Gasteiger partial charge is 0.510 e. The number of phenols is 1. The van der Waals surface area contributed by atoms with Gasteiger partial charge in [-0.1, -0.05) is 13.8 Å². The minimum Gasteiger partial charge on any atom is -0.510 e. The van der Waals surface area contributed by atoms with E-state index in [2.05, 4.69) is 19.2 Å². The Morgan fingerprint density at radius 2 is 1.78 bits per heavy atom. The van der Waals surface area contributed by atoms with Crippen LogP contribution >= 0.6 is 0 Å². The molecule has 1 aromatic rings. The van der Waals surface area contributed by atoms with Crippen LogP contribution in [0.25, 0.3) is 0 Å². The van der Waals surface area contributed by atoms with Crippen molar-refractivity contribution in [1.29, 1.82) is 0 Å². The van der Waals surface area contributed by atoms with Gasteiger partial charge in [-0.05, 0) is 99.0 Å². The number of primary amides is 1. The third kappa shape index (κ3) is 4.45. The fourth-order valence-corrected chi connectivity index (χ4v) is 9.48. The number of amides is 1. The summed E-state index contributed by atoms with van der Waals surface area (Å²) in [6.07, 6.45) is -2.43. The van der Waals surface area contributed by atoms with Crippen LogP contribution in [0.2, 0.25) is 0 Å². The van der Waals surface area contributed by atoms with Crippen molar-refractivity contribution in [1.82, 2.24) is 10.2 Å². The number of nitrogens with zero attached hydrogens (tertiary/aromatic N) is 1. The second kappa shape index (κ2) is 10.5. The highest BCUT2D eigenvalue weighted by Crippen LogP contribution is 2.61. The Kier molecular flexibility index (Phi) is 7.45. The lowest BCUT2D eigenvalue weighted by Gasteiger charge is -2.60. The van der Waals surface area contributed by atoms with Crippen molar-refractivity contribution in [3.8, 4) is 5.75 Å². The molecule has 13 heteroatoms. The Morgan fingerprint density at radius 3 is 2.35 bits per heavy atom. The molecular weight excluding hydrogens is 607 g/mol. The van der Waals surface area contributed by atoms with Gasteiger partial charge in [0.05, 0.1) is 17.2 Å². The van der Waals surface area contributed by atoms with E-state index in [9.17, 15) is 48.0 Å². The van der Waals surface area contributed by atoms with E-state index in [1.54, 1.807) is 0 Å². The van der Waals surface area contributed by atoms with Gasteiger partial charge in [0.15, 0.2) is 11.4 Å². The number of carbonyl (C=O) groups excluding carboxylic acids is 3. The molecule has 0 saturated heterocycles. The third-order valence-electron chi connectivity index (χ3n) is 11.8. The minimum atomic E-state index is -4.90. The monoisotopic (exact) mass is 647 g/mol. The number of Topliss-reactive ketones (excluding diaryl/α,β-unsaturated/α-hetero) is 2. The Morgan fingerprint density at radius 1 is 1.11 bits per heavy atom. The fourth-order valence-electron chi connectivity index (χ4n) is 9.48. The van der Waals surface area contributed by atoms with Gasteiger partial charge in [0.1, 0.15) is 22.8 Å². The van der Waals surface area contributed by atoms with Crippen LogP contribution in [0.5, 0.6) is 5.75 Å². The van der Waals surface area contributed by atoms with Crippen molar-refractivity contribution < 1.29 is 48.0 Å². The van der Waals surface area contributed by atoms with Crippen LogP contribution in [0.1, 0.15) is 66.6 Å². The maximum Gasteiger partial charge on any atom is 0.417 e. The van der Waals surface area contributed by atoms with E-state index in [0.29, 0.717) is 24.3 Å². The van der Waals surface area contributed by atoms with E-state index in [1.165, 1.54) is 19.0 Å². The van der Waals surface area contributed by atoms with Crippen LogP contribution < -0.4 is 11.1 Å². The summed E-state index contributed by atoms with van der Waals surface area (Å²) >= 11 is 0. The second-order valence-corrected chi connectivity index (χ2v) is 14.6.